The Morgan fingerprint density at radius 2 is 2.00 bits per heavy atom. The molecule has 0 radical (unpaired) electrons. The van der Waals surface area contributed by atoms with Crippen LogP contribution in [-0.4, -0.2) is 51.1 Å². The summed E-state index contributed by atoms with van der Waals surface area (Å²) in [7, 11) is 0. The summed E-state index contributed by atoms with van der Waals surface area (Å²) in [6, 6.07) is 3.86. The third kappa shape index (κ3) is 3.27. The molecule has 0 bridgehead atoms. The number of hydrogen-bond donors (Lipinski definition) is 0. The van der Waals surface area contributed by atoms with E-state index in [1.807, 2.05) is 26.0 Å². The normalized spacial score (nSPS) is 22.4. The number of carbonyl (C=O) groups excluding carboxylic acids is 1. The lowest BCUT2D eigenvalue weighted by Crippen LogP contribution is -2.48. The topological polar surface area (TPSA) is 75.4 Å². The number of likely N-dealkylation sites (tertiary alicyclic amines) is 1. The third-order valence-corrected chi connectivity index (χ3v) is 7.50. The van der Waals surface area contributed by atoms with E-state index in [1.54, 1.807) is 17.7 Å². The van der Waals surface area contributed by atoms with Crippen molar-refractivity contribution in [3.8, 4) is 0 Å². The number of aromatic nitrogens is 3. The van der Waals surface area contributed by atoms with Crippen LogP contribution in [0, 0.1) is 0 Å². The summed E-state index contributed by atoms with van der Waals surface area (Å²) in [5.41, 5.74) is 1.36. The monoisotopic (exact) mass is 425 g/mol. The lowest BCUT2D eigenvalue weighted by atomic mass is 9.87. The van der Waals surface area contributed by atoms with Crippen LogP contribution < -0.4 is 4.90 Å². The molecule has 3 aromatic rings. The SMILES string of the molecule is CC(C)c1cc(C(=O)N2CCCC23CCCN(c2ncnc4ccsc24)CC3)no1. The molecule has 0 aliphatic carbocycles. The number of rotatable bonds is 3. The van der Waals surface area contributed by atoms with Crippen molar-refractivity contribution in [1.82, 2.24) is 20.0 Å². The standard InChI is InChI=1S/C22H27N5O2S/c1-15(2)18-13-17(25-29-18)21(28)27-10-4-7-22(27)6-3-9-26(11-8-22)20-19-16(5-12-30-19)23-14-24-20/h5,12-15H,3-4,6-11H2,1-2H3. The summed E-state index contributed by atoms with van der Waals surface area (Å²) in [4.78, 5) is 26.8. The van der Waals surface area contributed by atoms with Crippen molar-refractivity contribution in [2.75, 3.05) is 24.5 Å². The fourth-order valence-corrected chi connectivity index (χ4v) is 5.83. The van der Waals surface area contributed by atoms with E-state index in [4.69, 9.17) is 4.52 Å². The Labute approximate surface area is 180 Å². The molecular weight excluding hydrogens is 398 g/mol. The van der Waals surface area contributed by atoms with Crippen LogP contribution in [0.1, 0.15) is 68.1 Å². The van der Waals surface area contributed by atoms with Gasteiger partial charge in [-0.15, -0.1) is 11.3 Å². The van der Waals surface area contributed by atoms with Crippen molar-refractivity contribution >= 4 is 33.3 Å². The van der Waals surface area contributed by atoms with E-state index in [-0.39, 0.29) is 17.4 Å². The first kappa shape index (κ1) is 19.5. The van der Waals surface area contributed by atoms with Crippen molar-refractivity contribution in [3.63, 3.8) is 0 Å². The maximum absolute atomic E-state index is 13.3. The van der Waals surface area contributed by atoms with Crippen molar-refractivity contribution in [1.29, 1.82) is 0 Å². The van der Waals surface area contributed by atoms with Gasteiger partial charge in [0.25, 0.3) is 5.91 Å². The average molecular weight is 426 g/mol. The molecule has 1 amide bonds. The van der Waals surface area contributed by atoms with E-state index >= 15 is 0 Å². The zero-order valence-corrected chi connectivity index (χ0v) is 18.3. The van der Waals surface area contributed by atoms with Crippen LogP contribution >= 0.6 is 11.3 Å². The largest absolute Gasteiger partial charge is 0.360 e. The van der Waals surface area contributed by atoms with Crippen molar-refractivity contribution in [3.05, 3.63) is 35.3 Å². The Hall–Kier alpha value is -2.48. The Morgan fingerprint density at radius 3 is 2.80 bits per heavy atom. The van der Waals surface area contributed by atoms with Gasteiger partial charge in [-0.05, 0) is 43.6 Å². The Kier molecular flexibility index (Phi) is 4.97. The molecule has 5 rings (SSSR count). The van der Waals surface area contributed by atoms with Crippen LogP contribution in [0.15, 0.2) is 28.4 Å². The molecule has 0 aromatic carbocycles. The van der Waals surface area contributed by atoms with E-state index in [0.717, 1.165) is 73.5 Å². The second-order valence-corrected chi connectivity index (χ2v) is 9.64. The molecule has 8 heteroatoms. The van der Waals surface area contributed by atoms with E-state index in [2.05, 4.69) is 30.3 Å². The van der Waals surface area contributed by atoms with Crippen LogP contribution in [0.2, 0.25) is 0 Å². The number of thiophene rings is 1. The van der Waals surface area contributed by atoms with E-state index in [0.29, 0.717) is 5.69 Å². The Balaban J connectivity index is 1.37. The molecule has 2 fully saturated rings. The number of fused-ring (bicyclic) bond motifs is 1. The minimum Gasteiger partial charge on any atom is -0.360 e. The molecule has 0 saturated carbocycles. The molecule has 1 unspecified atom stereocenters. The smallest absolute Gasteiger partial charge is 0.276 e. The lowest BCUT2D eigenvalue weighted by Gasteiger charge is -2.37. The van der Waals surface area contributed by atoms with Gasteiger partial charge in [-0.1, -0.05) is 19.0 Å². The minimum absolute atomic E-state index is 0.0132. The Bertz CT molecular complexity index is 1060. The highest BCUT2D eigenvalue weighted by Gasteiger charge is 2.45. The number of hydrogen-bond acceptors (Lipinski definition) is 7. The molecule has 2 aliphatic rings. The highest BCUT2D eigenvalue weighted by Crippen LogP contribution is 2.40. The van der Waals surface area contributed by atoms with E-state index in [1.165, 1.54) is 0 Å². The Morgan fingerprint density at radius 1 is 1.17 bits per heavy atom. The first-order valence-corrected chi connectivity index (χ1v) is 11.7. The predicted molar refractivity (Wildman–Crippen MR) is 117 cm³/mol. The van der Waals surface area contributed by atoms with Crippen LogP contribution in [0.4, 0.5) is 5.82 Å². The second kappa shape index (κ2) is 7.65. The van der Waals surface area contributed by atoms with E-state index < -0.39 is 0 Å². The molecular formula is C22H27N5O2S. The van der Waals surface area contributed by atoms with Gasteiger partial charge >= 0.3 is 0 Å². The zero-order valence-electron chi connectivity index (χ0n) is 17.5. The molecule has 3 aromatic heterocycles. The van der Waals surface area contributed by atoms with Gasteiger partial charge in [0.2, 0.25) is 0 Å². The van der Waals surface area contributed by atoms with Crippen molar-refractivity contribution in [2.45, 2.75) is 57.4 Å². The molecule has 7 nitrogen and oxygen atoms in total. The minimum atomic E-state index is -0.0929. The quantitative estimate of drug-likeness (QED) is 0.616. The maximum Gasteiger partial charge on any atom is 0.276 e. The van der Waals surface area contributed by atoms with Crippen LogP contribution in [0.3, 0.4) is 0 Å². The third-order valence-electron chi connectivity index (χ3n) is 6.60. The van der Waals surface area contributed by atoms with Gasteiger partial charge in [-0.2, -0.15) is 0 Å². The summed E-state index contributed by atoms with van der Waals surface area (Å²) in [6.45, 7) is 6.73. The number of nitrogens with zero attached hydrogens (tertiary/aromatic N) is 5. The second-order valence-electron chi connectivity index (χ2n) is 8.73. The van der Waals surface area contributed by atoms with E-state index in [9.17, 15) is 4.79 Å². The summed E-state index contributed by atoms with van der Waals surface area (Å²) < 4.78 is 6.55. The first-order chi connectivity index (χ1) is 14.6. The lowest BCUT2D eigenvalue weighted by molar-refractivity contribution is 0.0555. The number of amides is 1. The summed E-state index contributed by atoms with van der Waals surface area (Å²) >= 11 is 1.70. The predicted octanol–water partition coefficient (Wildman–Crippen LogP) is 4.47. The van der Waals surface area contributed by atoms with Gasteiger partial charge in [0.1, 0.15) is 17.9 Å². The highest BCUT2D eigenvalue weighted by atomic mass is 32.1. The zero-order chi connectivity index (χ0) is 20.7. The molecule has 158 valence electrons. The number of anilines is 1. The fraction of sp³-hybridized carbons (Fsp3) is 0.545. The molecule has 30 heavy (non-hydrogen) atoms. The van der Waals surface area contributed by atoms with Gasteiger partial charge in [-0.25, -0.2) is 9.97 Å². The van der Waals surface area contributed by atoms with Crippen molar-refractivity contribution < 1.29 is 9.32 Å². The molecule has 1 atom stereocenters. The molecule has 0 N–H and O–H groups in total. The van der Waals surface area contributed by atoms with Crippen LogP contribution in [0.25, 0.3) is 10.2 Å². The van der Waals surface area contributed by atoms with Crippen molar-refractivity contribution in [2.24, 2.45) is 0 Å². The van der Waals surface area contributed by atoms with Crippen LogP contribution in [-0.2, 0) is 0 Å². The average Bonchev–Trinajstić information content (AvgIpc) is 3.46. The van der Waals surface area contributed by atoms with Gasteiger partial charge < -0.3 is 14.3 Å². The molecule has 2 aliphatic heterocycles. The van der Waals surface area contributed by atoms with Gasteiger partial charge in [-0.3, -0.25) is 4.79 Å². The summed E-state index contributed by atoms with van der Waals surface area (Å²) in [5, 5.41) is 6.15. The maximum atomic E-state index is 13.3. The molecule has 2 saturated heterocycles. The molecule has 5 heterocycles. The highest BCUT2D eigenvalue weighted by molar-refractivity contribution is 7.17. The fourth-order valence-electron chi connectivity index (χ4n) is 4.97. The van der Waals surface area contributed by atoms with Gasteiger partial charge in [0, 0.05) is 37.2 Å². The van der Waals surface area contributed by atoms with Gasteiger partial charge in [0.05, 0.1) is 10.2 Å². The molecule has 1 spiro atoms. The van der Waals surface area contributed by atoms with Crippen LogP contribution in [0.5, 0.6) is 0 Å². The summed E-state index contributed by atoms with van der Waals surface area (Å²) in [6.07, 6.45) is 6.76. The number of carbonyl (C=O) groups is 1. The summed E-state index contributed by atoms with van der Waals surface area (Å²) in [5.74, 6) is 2.03. The first-order valence-electron chi connectivity index (χ1n) is 10.8. The van der Waals surface area contributed by atoms with Gasteiger partial charge in [0.15, 0.2) is 5.69 Å².